The lowest BCUT2D eigenvalue weighted by atomic mass is 10.1. The number of hydrogen-bond donors (Lipinski definition) is 1. The second-order valence-corrected chi connectivity index (χ2v) is 5.84. The Morgan fingerprint density at radius 3 is 2.94 bits per heavy atom. The minimum Gasteiger partial charge on any atom is -0.369 e. The van der Waals surface area contributed by atoms with E-state index < -0.39 is 0 Å². The van der Waals surface area contributed by atoms with Gasteiger partial charge in [-0.15, -0.1) is 11.8 Å². The monoisotopic (exact) mass is 256 g/mol. The number of benzene rings is 1. The Bertz CT molecular complexity index is 383. The van der Waals surface area contributed by atoms with Crippen molar-refractivity contribution in [1.29, 1.82) is 0 Å². The van der Waals surface area contributed by atoms with Crippen LogP contribution in [0, 0.1) is 0 Å². The number of anilines is 1. The second kappa shape index (κ2) is 4.86. The van der Waals surface area contributed by atoms with Gasteiger partial charge in [0.05, 0.1) is 10.7 Å². The summed E-state index contributed by atoms with van der Waals surface area (Å²) in [5.74, 6) is 0. The Morgan fingerprint density at radius 2 is 2.25 bits per heavy atom. The van der Waals surface area contributed by atoms with Gasteiger partial charge >= 0.3 is 0 Å². The molecule has 1 aliphatic heterocycles. The highest BCUT2D eigenvalue weighted by atomic mass is 35.5. The number of nitrogens with zero attached hydrogens (tertiary/aromatic N) is 1. The molecule has 2 rings (SSSR count). The van der Waals surface area contributed by atoms with E-state index in [-0.39, 0.29) is 0 Å². The normalized spacial score (nSPS) is 24.4. The summed E-state index contributed by atoms with van der Waals surface area (Å²) >= 11 is 8.18. The average Bonchev–Trinajstić information content (AvgIpc) is 2.25. The molecule has 0 spiro atoms. The molecule has 0 amide bonds. The first-order valence-corrected chi connectivity index (χ1v) is 6.73. The molecule has 0 aliphatic carbocycles. The quantitative estimate of drug-likeness (QED) is 0.876. The maximum atomic E-state index is 6.26. The highest BCUT2D eigenvalue weighted by molar-refractivity contribution is 8.00. The van der Waals surface area contributed by atoms with Gasteiger partial charge < -0.3 is 10.2 Å². The summed E-state index contributed by atoms with van der Waals surface area (Å²) in [6.45, 7) is 3.27. The molecule has 1 aliphatic rings. The van der Waals surface area contributed by atoms with E-state index in [4.69, 9.17) is 11.6 Å². The highest BCUT2D eigenvalue weighted by Crippen LogP contribution is 2.44. The van der Waals surface area contributed by atoms with Crippen molar-refractivity contribution in [2.45, 2.75) is 23.1 Å². The number of para-hydroxylation sites is 1. The number of fused-ring (bicyclic) bond motifs is 1. The van der Waals surface area contributed by atoms with Crippen LogP contribution in [0.5, 0.6) is 0 Å². The zero-order valence-corrected chi connectivity index (χ0v) is 11.4. The molecular formula is C12H17ClN2S. The molecule has 1 N–H and O–H groups in total. The molecule has 1 aromatic rings. The van der Waals surface area contributed by atoms with Gasteiger partial charge in [0.1, 0.15) is 0 Å². The van der Waals surface area contributed by atoms with Crippen LogP contribution in [-0.4, -0.2) is 31.9 Å². The van der Waals surface area contributed by atoms with Crippen LogP contribution >= 0.6 is 23.4 Å². The zero-order valence-electron chi connectivity index (χ0n) is 9.83. The van der Waals surface area contributed by atoms with Crippen molar-refractivity contribution in [3.63, 3.8) is 0 Å². The van der Waals surface area contributed by atoms with Crippen molar-refractivity contribution in [3.05, 3.63) is 23.2 Å². The van der Waals surface area contributed by atoms with E-state index in [9.17, 15) is 0 Å². The highest BCUT2D eigenvalue weighted by Gasteiger charge is 2.30. The second-order valence-electron chi connectivity index (χ2n) is 4.15. The third-order valence-electron chi connectivity index (χ3n) is 3.14. The van der Waals surface area contributed by atoms with E-state index in [2.05, 4.69) is 30.3 Å². The first-order valence-electron chi connectivity index (χ1n) is 5.47. The van der Waals surface area contributed by atoms with Crippen LogP contribution in [0.15, 0.2) is 23.1 Å². The summed E-state index contributed by atoms with van der Waals surface area (Å²) in [7, 11) is 4.12. The molecule has 88 valence electrons. The Labute approximate surface area is 106 Å². The molecule has 0 saturated heterocycles. The first kappa shape index (κ1) is 12.1. The number of thioether (sulfide) groups is 1. The lowest BCUT2D eigenvalue weighted by Gasteiger charge is -2.39. The predicted molar refractivity (Wildman–Crippen MR) is 72.9 cm³/mol. The van der Waals surface area contributed by atoms with Crippen LogP contribution in [0.2, 0.25) is 5.02 Å². The van der Waals surface area contributed by atoms with E-state index >= 15 is 0 Å². The molecule has 0 fully saturated rings. The molecule has 1 aromatic carbocycles. The van der Waals surface area contributed by atoms with E-state index in [1.54, 1.807) is 0 Å². The van der Waals surface area contributed by atoms with Gasteiger partial charge in [-0.05, 0) is 26.1 Å². The van der Waals surface area contributed by atoms with Crippen molar-refractivity contribution in [2.75, 3.05) is 25.5 Å². The van der Waals surface area contributed by atoms with Gasteiger partial charge in [-0.3, -0.25) is 0 Å². The molecule has 2 nitrogen and oxygen atoms in total. The Hall–Kier alpha value is -0.380. The van der Waals surface area contributed by atoms with Crippen LogP contribution in [0.1, 0.15) is 6.92 Å². The van der Waals surface area contributed by atoms with Crippen molar-refractivity contribution in [1.82, 2.24) is 5.32 Å². The summed E-state index contributed by atoms with van der Waals surface area (Å²) in [4.78, 5) is 3.57. The Kier molecular flexibility index (Phi) is 3.67. The van der Waals surface area contributed by atoms with Gasteiger partial charge in [0, 0.05) is 29.8 Å². The molecule has 0 saturated carbocycles. The van der Waals surface area contributed by atoms with Gasteiger partial charge in [-0.25, -0.2) is 0 Å². The fraction of sp³-hybridized carbons (Fsp3) is 0.500. The van der Waals surface area contributed by atoms with E-state index in [0.29, 0.717) is 11.3 Å². The smallest absolute Gasteiger partial charge is 0.0694 e. The van der Waals surface area contributed by atoms with E-state index in [0.717, 1.165) is 11.6 Å². The third kappa shape index (κ3) is 2.04. The molecule has 0 radical (unpaired) electrons. The molecule has 1 heterocycles. The topological polar surface area (TPSA) is 15.3 Å². The van der Waals surface area contributed by atoms with Gasteiger partial charge in [-0.1, -0.05) is 17.7 Å². The summed E-state index contributed by atoms with van der Waals surface area (Å²) in [5, 5.41) is 4.67. The number of halogens is 1. The SMILES string of the molecule is CNCC1Sc2cccc(Cl)c2N(C)C1C. The van der Waals surface area contributed by atoms with Crippen molar-refractivity contribution in [2.24, 2.45) is 0 Å². The fourth-order valence-electron chi connectivity index (χ4n) is 2.06. The van der Waals surface area contributed by atoms with Crippen LogP contribution in [0.3, 0.4) is 0 Å². The maximum absolute atomic E-state index is 6.26. The first-order chi connectivity index (χ1) is 7.65. The van der Waals surface area contributed by atoms with Gasteiger partial charge in [-0.2, -0.15) is 0 Å². The van der Waals surface area contributed by atoms with E-state index in [1.165, 1.54) is 10.6 Å². The van der Waals surface area contributed by atoms with Gasteiger partial charge in [0.15, 0.2) is 0 Å². The zero-order chi connectivity index (χ0) is 11.7. The van der Waals surface area contributed by atoms with Crippen LogP contribution in [-0.2, 0) is 0 Å². The lowest BCUT2D eigenvalue weighted by Crippen LogP contribution is -2.44. The van der Waals surface area contributed by atoms with Gasteiger partial charge in [0.2, 0.25) is 0 Å². The minimum atomic E-state index is 0.491. The third-order valence-corrected chi connectivity index (χ3v) is 4.89. The molecule has 4 heteroatoms. The molecule has 2 atom stereocenters. The van der Waals surface area contributed by atoms with Crippen LogP contribution in [0.25, 0.3) is 0 Å². The Balaban J connectivity index is 2.36. The van der Waals surface area contributed by atoms with E-state index in [1.807, 2.05) is 30.9 Å². The summed E-state index contributed by atoms with van der Waals surface area (Å²) in [6, 6.07) is 6.62. The summed E-state index contributed by atoms with van der Waals surface area (Å²) in [5.41, 5.74) is 1.18. The largest absolute Gasteiger partial charge is 0.369 e. The number of hydrogen-bond acceptors (Lipinski definition) is 3. The molecule has 0 bridgehead atoms. The minimum absolute atomic E-state index is 0.491. The summed E-state index contributed by atoms with van der Waals surface area (Å²) < 4.78 is 0. The summed E-state index contributed by atoms with van der Waals surface area (Å²) in [6.07, 6.45) is 0. The molecule has 16 heavy (non-hydrogen) atoms. The molecular weight excluding hydrogens is 240 g/mol. The Morgan fingerprint density at radius 1 is 1.50 bits per heavy atom. The van der Waals surface area contributed by atoms with Crippen molar-refractivity contribution < 1.29 is 0 Å². The van der Waals surface area contributed by atoms with Crippen molar-refractivity contribution >= 4 is 29.1 Å². The number of rotatable bonds is 2. The maximum Gasteiger partial charge on any atom is 0.0694 e. The predicted octanol–water partition coefficient (Wildman–Crippen LogP) is 2.86. The van der Waals surface area contributed by atoms with Gasteiger partial charge in [0.25, 0.3) is 0 Å². The lowest BCUT2D eigenvalue weighted by molar-refractivity contribution is 0.603. The molecule has 0 aromatic heterocycles. The van der Waals surface area contributed by atoms with Crippen LogP contribution in [0.4, 0.5) is 5.69 Å². The fourth-order valence-corrected chi connectivity index (χ4v) is 3.90. The average molecular weight is 257 g/mol. The molecule has 2 unspecified atom stereocenters. The van der Waals surface area contributed by atoms with Crippen LogP contribution < -0.4 is 10.2 Å². The number of nitrogens with one attached hydrogen (secondary N) is 1. The standard InChI is InChI=1S/C12H17ClN2S/c1-8-11(7-14-2)16-10-6-4-5-9(13)12(10)15(8)3/h4-6,8,11,14H,7H2,1-3H3. The van der Waals surface area contributed by atoms with Crippen molar-refractivity contribution in [3.8, 4) is 0 Å².